The molecule has 69 heavy (non-hydrogen) atoms. The molecular weight excluding hydrogens is 933 g/mol. The standard InChI is InChI=1S/2C28H55NO4S.Ca/c2*1-3-4-5-6-7-8-9-10-11-12-13-14-15-16-17-18-19-20-21-22-23-25-28(30)29(2)26-24-27-34(31,32)33;/h2*23,25H,3-22,24,26-27H2,1-2H3,(H,31,32,33);/q;;+2/p-2/b2*25-23+;. The third-order valence-corrected chi connectivity index (χ3v) is 14.6. The Balaban J connectivity index is -0.00000124. The molecule has 0 bridgehead atoms. The maximum Gasteiger partial charge on any atom is 2.00 e. The van der Waals surface area contributed by atoms with Gasteiger partial charge in [0.25, 0.3) is 0 Å². The van der Waals surface area contributed by atoms with Crippen molar-refractivity contribution in [3.8, 4) is 0 Å². The van der Waals surface area contributed by atoms with E-state index in [1.54, 1.807) is 26.2 Å². The van der Waals surface area contributed by atoms with Gasteiger partial charge in [0.15, 0.2) is 0 Å². The van der Waals surface area contributed by atoms with Gasteiger partial charge in [-0.1, -0.05) is 257 Å². The van der Waals surface area contributed by atoms with E-state index in [2.05, 4.69) is 13.8 Å². The van der Waals surface area contributed by atoms with Crippen LogP contribution in [0.1, 0.15) is 284 Å². The van der Waals surface area contributed by atoms with Gasteiger partial charge in [-0.3, -0.25) is 9.59 Å². The van der Waals surface area contributed by atoms with Crippen LogP contribution in [0.5, 0.6) is 0 Å². The van der Waals surface area contributed by atoms with E-state index in [0.29, 0.717) is 0 Å². The van der Waals surface area contributed by atoms with Gasteiger partial charge in [0.05, 0.1) is 20.2 Å². The van der Waals surface area contributed by atoms with Crippen molar-refractivity contribution in [1.82, 2.24) is 9.80 Å². The molecule has 0 saturated heterocycles. The second-order valence-corrected chi connectivity index (χ2v) is 22.9. The third kappa shape index (κ3) is 63.6. The fourth-order valence-corrected chi connectivity index (χ4v) is 9.45. The Kier molecular flexibility index (Phi) is 58.3. The predicted molar refractivity (Wildman–Crippen MR) is 294 cm³/mol. The first-order valence-electron chi connectivity index (χ1n) is 28.4. The summed E-state index contributed by atoms with van der Waals surface area (Å²) >= 11 is 0. The van der Waals surface area contributed by atoms with Gasteiger partial charge in [-0.05, 0) is 50.7 Å². The van der Waals surface area contributed by atoms with Crippen LogP contribution in [0.4, 0.5) is 0 Å². The van der Waals surface area contributed by atoms with E-state index in [-0.39, 0.29) is 75.5 Å². The summed E-state index contributed by atoms with van der Waals surface area (Å²) in [7, 11) is -5.15. The molecule has 404 valence electrons. The Labute approximate surface area is 458 Å². The van der Waals surface area contributed by atoms with Crippen LogP contribution in [0.15, 0.2) is 24.3 Å². The van der Waals surface area contributed by atoms with Crippen molar-refractivity contribution in [2.75, 3.05) is 38.7 Å². The number of unbranched alkanes of at least 4 members (excludes halogenated alkanes) is 38. The van der Waals surface area contributed by atoms with Gasteiger partial charge in [-0.15, -0.1) is 0 Å². The first-order chi connectivity index (χ1) is 32.7. The molecule has 13 heteroatoms. The zero-order chi connectivity index (χ0) is 50.7. The van der Waals surface area contributed by atoms with Crippen molar-refractivity contribution >= 4 is 69.8 Å². The molecule has 0 atom stereocenters. The molecular formula is C56H108CaN2O8S2. The summed E-state index contributed by atoms with van der Waals surface area (Å²) in [6.45, 7) is 5.12. The Morgan fingerprint density at radius 1 is 0.348 bits per heavy atom. The van der Waals surface area contributed by atoms with E-state index >= 15 is 0 Å². The van der Waals surface area contributed by atoms with E-state index < -0.39 is 31.7 Å². The zero-order valence-corrected chi connectivity index (χ0v) is 49.4. The minimum atomic E-state index is -4.20. The van der Waals surface area contributed by atoms with Crippen LogP contribution >= 0.6 is 0 Å². The average molecular weight is 1040 g/mol. The fourth-order valence-electron chi connectivity index (χ4n) is 8.48. The topological polar surface area (TPSA) is 155 Å². The van der Waals surface area contributed by atoms with Crippen molar-refractivity contribution in [3.05, 3.63) is 24.3 Å². The molecule has 0 N–H and O–H groups in total. The molecule has 0 fully saturated rings. The number of likely N-dealkylation sites (N-methyl/N-ethyl adjacent to an activating group) is 2. The summed E-state index contributed by atoms with van der Waals surface area (Å²) in [5.41, 5.74) is 0. The Morgan fingerprint density at radius 3 is 0.725 bits per heavy atom. The zero-order valence-electron chi connectivity index (χ0n) is 45.5. The molecule has 0 aliphatic carbocycles. The monoisotopic (exact) mass is 1040 g/mol. The molecule has 0 unspecified atom stereocenters. The largest absolute Gasteiger partial charge is 2.00 e. The number of rotatable bonds is 50. The second-order valence-electron chi connectivity index (χ2n) is 19.9. The minimum Gasteiger partial charge on any atom is -0.748 e. The number of allylic oxidation sites excluding steroid dienone is 2. The number of hydrogen-bond donors (Lipinski definition) is 0. The van der Waals surface area contributed by atoms with Crippen molar-refractivity contribution in [3.63, 3.8) is 0 Å². The van der Waals surface area contributed by atoms with E-state index in [9.17, 15) is 35.5 Å². The van der Waals surface area contributed by atoms with Gasteiger partial charge < -0.3 is 18.9 Å². The SMILES string of the molecule is CCCCCCCCCCCCCCCCCCCCC/C=C/C(=O)N(C)CCCS(=O)(=O)[O-].CCCCCCCCCCCCCCCCCCCCC/C=C/C(=O)N(C)CCCS(=O)(=O)[O-].[Ca+2]. The van der Waals surface area contributed by atoms with Crippen LogP contribution in [-0.4, -0.2) is 124 Å². The summed E-state index contributed by atoms with van der Waals surface area (Å²) in [5.74, 6) is -1.12. The van der Waals surface area contributed by atoms with Crippen molar-refractivity contribution < 1.29 is 35.5 Å². The van der Waals surface area contributed by atoms with Gasteiger partial charge in [-0.2, -0.15) is 0 Å². The smallest absolute Gasteiger partial charge is 0.748 e. The Hall–Kier alpha value is -0.500. The number of carbonyl (C=O) groups excluding carboxylic acids is 2. The second kappa shape index (κ2) is 55.3. The first kappa shape index (κ1) is 72.7. The number of nitrogens with zero attached hydrogens (tertiary/aromatic N) is 2. The number of hydrogen-bond acceptors (Lipinski definition) is 8. The van der Waals surface area contributed by atoms with Gasteiger partial charge in [-0.25, -0.2) is 16.8 Å². The van der Waals surface area contributed by atoms with Crippen LogP contribution < -0.4 is 0 Å². The molecule has 0 aliphatic rings. The molecule has 0 radical (unpaired) electrons. The maximum atomic E-state index is 11.9. The molecule has 0 saturated carbocycles. The van der Waals surface area contributed by atoms with Crippen molar-refractivity contribution in [1.29, 1.82) is 0 Å². The summed E-state index contributed by atoms with van der Waals surface area (Å²) in [6.07, 6.45) is 61.1. The van der Waals surface area contributed by atoms with E-state index in [4.69, 9.17) is 0 Å². The molecule has 0 aromatic rings. The predicted octanol–water partition coefficient (Wildman–Crippen LogP) is 15.1. The Bertz CT molecular complexity index is 1290. The molecule has 0 spiro atoms. The Morgan fingerprint density at radius 2 is 0.536 bits per heavy atom. The van der Waals surface area contributed by atoms with Crippen LogP contribution in [0, 0.1) is 0 Å². The summed E-state index contributed by atoms with van der Waals surface area (Å²) in [5, 5.41) is 0. The molecule has 10 nitrogen and oxygen atoms in total. The third-order valence-electron chi connectivity index (χ3n) is 13.0. The summed E-state index contributed by atoms with van der Waals surface area (Å²) in [6, 6.07) is 0. The fraction of sp³-hybridized carbons (Fsp3) is 0.893. The average Bonchev–Trinajstić information content (AvgIpc) is 3.29. The molecule has 0 heterocycles. The molecule has 0 aromatic heterocycles. The van der Waals surface area contributed by atoms with Crippen LogP contribution in [0.25, 0.3) is 0 Å². The number of carbonyl (C=O) groups is 2. The normalized spacial score (nSPS) is 11.8. The summed E-state index contributed by atoms with van der Waals surface area (Å²) in [4.78, 5) is 26.7. The summed E-state index contributed by atoms with van der Waals surface area (Å²) < 4.78 is 63.5. The maximum absolute atomic E-state index is 11.9. The first-order valence-corrected chi connectivity index (χ1v) is 31.6. The van der Waals surface area contributed by atoms with Gasteiger partial charge in [0, 0.05) is 38.7 Å². The van der Waals surface area contributed by atoms with Gasteiger partial charge >= 0.3 is 37.7 Å². The van der Waals surface area contributed by atoms with Gasteiger partial charge in [0.1, 0.15) is 0 Å². The van der Waals surface area contributed by atoms with E-state index in [1.807, 2.05) is 12.2 Å². The molecule has 2 amide bonds. The minimum absolute atomic E-state index is 0. The van der Waals surface area contributed by atoms with E-state index in [1.165, 1.54) is 241 Å². The molecule has 0 aromatic carbocycles. The molecule has 0 rings (SSSR count). The number of amides is 2. The van der Waals surface area contributed by atoms with Crippen LogP contribution in [-0.2, 0) is 29.8 Å². The van der Waals surface area contributed by atoms with Crippen LogP contribution in [0.3, 0.4) is 0 Å². The molecule has 0 aliphatic heterocycles. The van der Waals surface area contributed by atoms with Crippen LogP contribution in [0.2, 0.25) is 0 Å². The van der Waals surface area contributed by atoms with Gasteiger partial charge in [0.2, 0.25) is 11.8 Å². The quantitative estimate of drug-likeness (QED) is 0.0252. The van der Waals surface area contributed by atoms with E-state index in [0.717, 1.165) is 25.7 Å². The van der Waals surface area contributed by atoms with Crippen molar-refractivity contribution in [2.45, 2.75) is 284 Å². The van der Waals surface area contributed by atoms with Crippen molar-refractivity contribution in [2.24, 2.45) is 0 Å².